The molecule has 4 heteroatoms. The fraction of sp³-hybridized carbons (Fsp3) is 0.167. The van der Waals surface area contributed by atoms with E-state index in [1.54, 1.807) is 0 Å². The summed E-state index contributed by atoms with van der Waals surface area (Å²) >= 11 is 0. The van der Waals surface area contributed by atoms with E-state index in [0.717, 1.165) is 16.5 Å². The molecule has 2 N–H and O–H groups in total. The van der Waals surface area contributed by atoms with Crippen molar-refractivity contribution in [3.63, 3.8) is 0 Å². The molecule has 0 radical (unpaired) electrons. The molecule has 1 amide bonds. The lowest BCUT2D eigenvalue weighted by Crippen LogP contribution is -2.32. The van der Waals surface area contributed by atoms with Crippen LogP contribution in [0.1, 0.15) is 12.0 Å². The summed E-state index contributed by atoms with van der Waals surface area (Å²) in [6.07, 6.45) is 2.38. The van der Waals surface area contributed by atoms with Gasteiger partial charge in [-0.05, 0) is 24.3 Å². The number of nitrogens with one attached hydrogen (secondary N) is 2. The van der Waals surface area contributed by atoms with E-state index in [0.29, 0.717) is 18.8 Å². The van der Waals surface area contributed by atoms with Gasteiger partial charge < -0.3 is 10.3 Å². The van der Waals surface area contributed by atoms with E-state index < -0.39 is 0 Å². The third kappa shape index (κ3) is 1.48. The third-order valence-electron chi connectivity index (χ3n) is 2.69. The number of H-pyrrole nitrogens is 1. The lowest BCUT2D eigenvalue weighted by atomic mass is 10.1. The molecule has 16 heavy (non-hydrogen) atoms. The highest BCUT2D eigenvalue weighted by atomic mass is 16.1. The number of fused-ring (bicyclic) bond motifs is 1. The molecule has 1 aromatic carbocycles. The van der Waals surface area contributed by atoms with Crippen molar-refractivity contribution >= 4 is 22.6 Å². The van der Waals surface area contributed by atoms with Gasteiger partial charge in [-0.3, -0.25) is 4.79 Å². The minimum atomic E-state index is -0.0529. The molecule has 0 saturated heterocycles. The Morgan fingerprint density at radius 3 is 3.06 bits per heavy atom. The molecule has 1 aromatic heterocycles. The van der Waals surface area contributed by atoms with E-state index in [4.69, 9.17) is 0 Å². The van der Waals surface area contributed by atoms with Gasteiger partial charge in [-0.1, -0.05) is 0 Å². The average Bonchev–Trinajstić information content (AvgIpc) is 2.75. The van der Waals surface area contributed by atoms with Crippen LogP contribution in [-0.4, -0.2) is 23.3 Å². The number of hydrogen-bond donors (Lipinski definition) is 2. The van der Waals surface area contributed by atoms with Gasteiger partial charge in [0.15, 0.2) is 0 Å². The minimum absolute atomic E-state index is 0.0529. The second kappa shape index (κ2) is 3.48. The lowest BCUT2D eigenvalue weighted by Gasteiger charge is -2.13. The smallest absolute Gasteiger partial charge is 0.249 e. The normalized spacial score (nSPS) is 16.0. The highest BCUT2D eigenvalue weighted by Gasteiger charge is 2.12. The predicted octanol–water partition coefficient (Wildman–Crippen LogP) is 1.43. The average molecular weight is 213 g/mol. The first-order chi connectivity index (χ1) is 7.83. The van der Waals surface area contributed by atoms with Crippen LogP contribution >= 0.6 is 0 Å². The van der Waals surface area contributed by atoms with Crippen LogP contribution < -0.4 is 5.32 Å². The molecule has 1 aliphatic rings. The van der Waals surface area contributed by atoms with Gasteiger partial charge in [-0.15, -0.1) is 0 Å². The standard InChI is InChI=1S/C12H11N3O/c16-11-4-6-14-12(15-11)9-1-2-10-8(7-9)3-5-13-10/h1-3,5,7,13H,4,6H2,(H,14,15,16). The first-order valence-electron chi connectivity index (χ1n) is 5.26. The summed E-state index contributed by atoms with van der Waals surface area (Å²) in [7, 11) is 0. The zero-order chi connectivity index (χ0) is 11.0. The van der Waals surface area contributed by atoms with Crippen LogP contribution in [-0.2, 0) is 4.79 Å². The Balaban J connectivity index is 2.08. The molecule has 1 aliphatic heterocycles. The van der Waals surface area contributed by atoms with E-state index in [9.17, 15) is 4.79 Å². The van der Waals surface area contributed by atoms with Crippen molar-refractivity contribution in [1.29, 1.82) is 0 Å². The van der Waals surface area contributed by atoms with Gasteiger partial charge in [0.2, 0.25) is 5.91 Å². The van der Waals surface area contributed by atoms with Gasteiger partial charge in [-0.2, -0.15) is 4.99 Å². The first kappa shape index (κ1) is 9.15. The predicted molar refractivity (Wildman–Crippen MR) is 62.5 cm³/mol. The van der Waals surface area contributed by atoms with E-state index in [-0.39, 0.29) is 5.91 Å². The van der Waals surface area contributed by atoms with Crippen molar-refractivity contribution in [2.75, 3.05) is 6.54 Å². The molecule has 4 nitrogen and oxygen atoms in total. The highest BCUT2D eigenvalue weighted by molar-refractivity contribution is 6.08. The maximum absolute atomic E-state index is 11.2. The van der Waals surface area contributed by atoms with E-state index >= 15 is 0 Å². The molecule has 0 unspecified atom stereocenters. The topological polar surface area (TPSA) is 57.2 Å². The molecule has 3 rings (SSSR count). The summed E-state index contributed by atoms with van der Waals surface area (Å²) in [5.74, 6) is 0.627. The molecule has 0 saturated carbocycles. The Hall–Kier alpha value is -2.10. The monoisotopic (exact) mass is 213 g/mol. The van der Waals surface area contributed by atoms with Crippen molar-refractivity contribution in [3.8, 4) is 0 Å². The molecular formula is C12H11N3O. The molecule has 0 fully saturated rings. The summed E-state index contributed by atoms with van der Waals surface area (Å²) in [6.45, 7) is 0.669. The van der Waals surface area contributed by atoms with Gasteiger partial charge in [0.25, 0.3) is 0 Å². The van der Waals surface area contributed by atoms with Crippen molar-refractivity contribution < 1.29 is 4.79 Å². The van der Waals surface area contributed by atoms with E-state index in [1.165, 1.54) is 0 Å². The van der Waals surface area contributed by atoms with Crippen LogP contribution in [0.2, 0.25) is 0 Å². The summed E-state index contributed by atoms with van der Waals surface area (Å²) in [5.41, 5.74) is 2.05. The molecule has 0 aliphatic carbocycles. The van der Waals surface area contributed by atoms with Gasteiger partial charge in [0.05, 0.1) is 0 Å². The van der Waals surface area contributed by atoms with Crippen molar-refractivity contribution in [3.05, 3.63) is 36.0 Å². The van der Waals surface area contributed by atoms with Crippen LogP contribution in [0.4, 0.5) is 0 Å². The van der Waals surface area contributed by atoms with E-state index in [1.807, 2.05) is 30.5 Å². The number of carbonyl (C=O) groups is 1. The minimum Gasteiger partial charge on any atom is -0.369 e. The number of amides is 1. The molecule has 0 bridgehead atoms. The van der Waals surface area contributed by atoms with Gasteiger partial charge >= 0.3 is 0 Å². The number of carbonyl (C=O) groups excluding carboxylic acids is 1. The Morgan fingerprint density at radius 2 is 2.19 bits per heavy atom. The summed E-state index contributed by atoms with van der Waals surface area (Å²) < 4.78 is 0. The van der Waals surface area contributed by atoms with Gasteiger partial charge in [-0.25, -0.2) is 0 Å². The van der Waals surface area contributed by atoms with E-state index in [2.05, 4.69) is 15.3 Å². The molecule has 80 valence electrons. The van der Waals surface area contributed by atoms with Crippen LogP contribution in [0.15, 0.2) is 35.5 Å². The molecule has 0 atom stereocenters. The zero-order valence-electron chi connectivity index (χ0n) is 8.66. The molecular weight excluding hydrogens is 202 g/mol. The number of aromatic amines is 1. The maximum atomic E-state index is 11.2. The fourth-order valence-electron chi connectivity index (χ4n) is 1.88. The summed E-state index contributed by atoms with van der Waals surface area (Å²) in [6, 6.07) is 7.98. The van der Waals surface area contributed by atoms with Crippen LogP contribution in [0, 0.1) is 0 Å². The second-order valence-corrected chi connectivity index (χ2v) is 3.81. The summed E-state index contributed by atoms with van der Waals surface area (Å²) in [5, 5.41) is 4.27. The Kier molecular flexibility index (Phi) is 1.99. The Bertz CT molecular complexity index is 583. The molecule has 2 aromatic rings. The lowest BCUT2D eigenvalue weighted by molar-refractivity contribution is -0.117. The van der Waals surface area contributed by atoms with Crippen molar-refractivity contribution in [1.82, 2.24) is 10.3 Å². The van der Waals surface area contributed by atoms with Crippen molar-refractivity contribution in [2.24, 2.45) is 4.99 Å². The number of amidine groups is 1. The highest BCUT2D eigenvalue weighted by Crippen LogP contribution is 2.15. The van der Waals surface area contributed by atoms with Crippen LogP contribution in [0.25, 0.3) is 10.9 Å². The van der Waals surface area contributed by atoms with Gasteiger partial charge in [0, 0.05) is 35.6 Å². The number of aromatic nitrogens is 1. The fourth-order valence-corrected chi connectivity index (χ4v) is 1.88. The largest absolute Gasteiger partial charge is 0.369 e. The summed E-state index contributed by atoms with van der Waals surface area (Å²) in [4.78, 5) is 18.4. The van der Waals surface area contributed by atoms with Crippen molar-refractivity contribution in [2.45, 2.75) is 6.42 Å². The molecule has 2 heterocycles. The zero-order valence-corrected chi connectivity index (χ0v) is 8.66. The second-order valence-electron chi connectivity index (χ2n) is 3.81. The molecule has 0 spiro atoms. The number of rotatable bonds is 1. The Labute approximate surface area is 92.4 Å². The Morgan fingerprint density at radius 1 is 1.25 bits per heavy atom. The number of aliphatic imine (C=N–C) groups is 1. The number of hydrogen-bond acceptors (Lipinski definition) is 2. The maximum Gasteiger partial charge on any atom is 0.249 e. The van der Waals surface area contributed by atoms with Crippen LogP contribution in [0.3, 0.4) is 0 Å². The number of nitrogens with zero attached hydrogens (tertiary/aromatic N) is 1. The number of benzene rings is 1. The SMILES string of the molecule is O=C1CCNC(c2ccc3[nH]ccc3c2)=N1. The first-order valence-corrected chi connectivity index (χ1v) is 5.26. The third-order valence-corrected chi connectivity index (χ3v) is 2.69. The quantitative estimate of drug-likeness (QED) is 0.753. The van der Waals surface area contributed by atoms with Gasteiger partial charge in [0.1, 0.15) is 5.84 Å². The van der Waals surface area contributed by atoms with Crippen LogP contribution in [0.5, 0.6) is 0 Å².